The van der Waals surface area contributed by atoms with Crippen LogP contribution in [0.5, 0.6) is 11.5 Å². The Kier molecular flexibility index (Phi) is 5.54. The number of piperidine rings is 1. The summed E-state index contributed by atoms with van der Waals surface area (Å²) in [6, 6.07) is 17.1. The first-order valence-electron chi connectivity index (χ1n) is 8.42. The van der Waals surface area contributed by atoms with Gasteiger partial charge in [0.2, 0.25) is 0 Å². The van der Waals surface area contributed by atoms with Gasteiger partial charge in [-0.25, -0.2) is 0 Å². The lowest BCUT2D eigenvalue weighted by Gasteiger charge is -2.23. The molecule has 2 aromatic rings. The number of ether oxygens (including phenoxy) is 2. The minimum atomic E-state index is 0.558. The van der Waals surface area contributed by atoms with Gasteiger partial charge in [0.05, 0.1) is 7.11 Å². The van der Waals surface area contributed by atoms with Crippen LogP contribution in [-0.2, 0) is 13.0 Å². The molecule has 3 heteroatoms. The lowest BCUT2D eigenvalue weighted by Crippen LogP contribution is -2.35. The van der Waals surface area contributed by atoms with Crippen LogP contribution in [0.1, 0.15) is 30.4 Å². The van der Waals surface area contributed by atoms with Crippen molar-refractivity contribution in [3.63, 3.8) is 0 Å². The van der Waals surface area contributed by atoms with Crippen LogP contribution in [0.4, 0.5) is 0 Å². The van der Waals surface area contributed by atoms with E-state index in [9.17, 15) is 0 Å². The molecule has 1 aliphatic rings. The molecule has 1 atom stereocenters. The molecule has 3 rings (SSSR count). The van der Waals surface area contributed by atoms with Crippen molar-refractivity contribution in [3.05, 3.63) is 59.7 Å². The Morgan fingerprint density at radius 1 is 1.00 bits per heavy atom. The quantitative estimate of drug-likeness (QED) is 0.876. The van der Waals surface area contributed by atoms with Gasteiger partial charge in [-0.15, -0.1) is 0 Å². The van der Waals surface area contributed by atoms with Gasteiger partial charge in [-0.1, -0.05) is 42.8 Å². The molecule has 1 heterocycles. The number of methoxy groups -OCH3 is 1. The summed E-state index contributed by atoms with van der Waals surface area (Å²) >= 11 is 0. The van der Waals surface area contributed by atoms with Crippen LogP contribution in [0.25, 0.3) is 0 Å². The van der Waals surface area contributed by atoms with Crippen molar-refractivity contribution in [2.75, 3.05) is 13.7 Å². The molecule has 122 valence electrons. The van der Waals surface area contributed by atoms with Crippen LogP contribution in [0.3, 0.4) is 0 Å². The second-order valence-electron chi connectivity index (χ2n) is 6.11. The van der Waals surface area contributed by atoms with E-state index in [-0.39, 0.29) is 0 Å². The fourth-order valence-electron chi connectivity index (χ4n) is 3.08. The summed E-state index contributed by atoms with van der Waals surface area (Å²) in [7, 11) is 1.69. The van der Waals surface area contributed by atoms with Crippen LogP contribution in [-0.4, -0.2) is 19.7 Å². The summed E-state index contributed by atoms with van der Waals surface area (Å²) in [6.45, 7) is 1.69. The SMILES string of the molecule is COc1ccc(CC2CCCCN2)cc1OCc1ccccc1. The average Bonchev–Trinajstić information content (AvgIpc) is 2.62. The van der Waals surface area contributed by atoms with Crippen LogP contribution >= 0.6 is 0 Å². The van der Waals surface area contributed by atoms with E-state index in [0.29, 0.717) is 12.6 Å². The number of hydrogen-bond donors (Lipinski definition) is 1. The van der Waals surface area contributed by atoms with Gasteiger partial charge < -0.3 is 14.8 Å². The lowest BCUT2D eigenvalue weighted by atomic mass is 9.97. The molecule has 0 aromatic heterocycles. The zero-order valence-electron chi connectivity index (χ0n) is 13.8. The Morgan fingerprint density at radius 3 is 2.61 bits per heavy atom. The summed E-state index contributed by atoms with van der Waals surface area (Å²) in [5, 5.41) is 3.60. The minimum Gasteiger partial charge on any atom is -0.493 e. The Labute approximate surface area is 138 Å². The predicted octanol–water partition coefficient (Wildman–Crippen LogP) is 3.96. The number of nitrogens with one attached hydrogen (secondary N) is 1. The smallest absolute Gasteiger partial charge is 0.161 e. The summed E-state index contributed by atoms with van der Waals surface area (Å²) < 4.78 is 11.4. The van der Waals surface area contributed by atoms with Gasteiger partial charge in [-0.2, -0.15) is 0 Å². The molecule has 2 aromatic carbocycles. The molecular formula is C20H25NO2. The molecule has 23 heavy (non-hydrogen) atoms. The Hall–Kier alpha value is -2.00. The largest absolute Gasteiger partial charge is 0.493 e. The second-order valence-corrected chi connectivity index (χ2v) is 6.11. The molecule has 0 spiro atoms. The maximum absolute atomic E-state index is 6.00. The molecule has 1 saturated heterocycles. The first-order valence-corrected chi connectivity index (χ1v) is 8.42. The van der Waals surface area contributed by atoms with Crippen LogP contribution in [0, 0.1) is 0 Å². The van der Waals surface area contributed by atoms with Gasteiger partial charge in [0, 0.05) is 6.04 Å². The predicted molar refractivity (Wildman–Crippen MR) is 93.1 cm³/mol. The third-order valence-electron chi connectivity index (χ3n) is 4.36. The fourth-order valence-corrected chi connectivity index (χ4v) is 3.08. The number of hydrogen-bond acceptors (Lipinski definition) is 3. The summed E-state index contributed by atoms with van der Waals surface area (Å²) in [5.41, 5.74) is 2.46. The number of rotatable bonds is 6. The van der Waals surface area contributed by atoms with Crippen molar-refractivity contribution < 1.29 is 9.47 Å². The highest BCUT2D eigenvalue weighted by molar-refractivity contribution is 5.43. The molecule has 1 fully saturated rings. The molecule has 0 aliphatic carbocycles. The lowest BCUT2D eigenvalue weighted by molar-refractivity contribution is 0.284. The Bertz CT molecular complexity index is 606. The zero-order valence-corrected chi connectivity index (χ0v) is 13.8. The highest BCUT2D eigenvalue weighted by Gasteiger charge is 2.14. The highest BCUT2D eigenvalue weighted by atomic mass is 16.5. The van der Waals surface area contributed by atoms with E-state index in [0.717, 1.165) is 30.0 Å². The van der Waals surface area contributed by atoms with E-state index >= 15 is 0 Å². The van der Waals surface area contributed by atoms with Crippen molar-refractivity contribution in [2.45, 2.75) is 38.3 Å². The van der Waals surface area contributed by atoms with Crippen LogP contribution < -0.4 is 14.8 Å². The topological polar surface area (TPSA) is 30.5 Å². The van der Waals surface area contributed by atoms with Crippen molar-refractivity contribution in [1.29, 1.82) is 0 Å². The van der Waals surface area contributed by atoms with Gasteiger partial charge in [-0.05, 0) is 49.1 Å². The van der Waals surface area contributed by atoms with Crippen LogP contribution in [0.2, 0.25) is 0 Å². The highest BCUT2D eigenvalue weighted by Crippen LogP contribution is 2.29. The van der Waals surface area contributed by atoms with Gasteiger partial charge in [-0.3, -0.25) is 0 Å². The second kappa shape index (κ2) is 8.02. The Morgan fingerprint density at radius 2 is 1.87 bits per heavy atom. The molecule has 1 N–H and O–H groups in total. The van der Waals surface area contributed by atoms with E-state index in [1.165, 1.54) is 24.8 Å². The van der Waals surface area contributed by atoms with E-state index < -0.39 is 0 Å². The van der Waals surface area contributed by atoms with Crippen molar-refractivity contribution in [3.8, 4) is 11.5 Å². The molecular weight excluding hydrogens is 286 g/mol. The third-order valence-corrected chi connectivity index (χ3v) is 4.36. The summed E-state index contributed by atoms with van der Waals surface area (Å²) in [6.07, 6.45) is 4.92. The number of benzene rings is 2. The maximum atomic E-state index is 6.00. The van der Waals surface area contributed by atoms with E-state index in [1.54, 1.807) is 7.11 Å². The molecule has 1 aliphatic heterocycles. The van der Waals surface area contributed by atoms with E-state index in [4.69, 9.17) is 9.47 Å². The van der Waals surface area contributed by atoms with Gasteiger partial charge >= 0.3 is 0 Å². The van der Waals surface area contributed by atoms with E-state index in [2.05, 4.69) is 29.6 Å². The molecule has 0 bridgehead atoms. The van der Waals surface area contributed by atoms with Crippen molar-refractivity contribution in [2.24, 2.45) is 0 Å². The van der Waals surface area contributed by atoms with Gasteiger partial charge in [0.15, 0.2) is 11.5 Å². The van der Waals surface area contributed by atoms with Crippen molar-refractivity contribution >= 4 is 0 Å². The fraction of sp³-hybridized carbons (Fsp3) is 0.400. The van der Waals surface area contributed by atoms with Crippen LogP contribution in [0.15, 0.2) is 48.5 Å². The summed E-state index contributed by atoms with van der Waals surface area (Å²) in [4.78, 5) is 0. The first kappa shape index (κ1) is 15.9. The minimum absolute atomic E-state index is 0.558. The van der Waals surface area contributed by atoms with Gasteiger partial charge in [0.25, 0.3) is 0 Å². The van der Waals surface area contributed by atoms with Gasteiger partial charge in [0.1, 0.15) is 6.61 Å². The Balaban J connectivity index is 1.68. The molecule has 0 saturated carbocycles. The third kappa shape index (κ3) is 4.49. The monoisotopic (exact) mass is 311 g/mol. The normalized spacial score (nSPS) is 17.7. The molecule has 0 amide bonds. The van der Waals surface area contributed by atoms with E-state index in [1.807, 2.05) is 24.3 Å². The summed E-state index contributed by atoms with van der Waals surface area (Å²) in [5.74, 6) is 1.62. The molecule has 0 radical (unpaired) electrons. The molecule has 3 nitrogen and oxygen atoms in total. The molecule has 1 unspecified atom stereocenters. The zero-order chi connectivity index (χ0) is 15.9. The van der Waals surface area contributed by atoms with Crippen molar-refractivity contribution in [1.82, 2.24) is 5.32 Å². The maximum Gasteiger partial charge on any atom is 0.161 e. The average molecular weight is 311 g/mol. The first-order chi connectivity index (χ1) is 11.3. The standard InChI is InChI=1S/C20H25NO2/c1-22-19-11-10-17(13-18-9-5-6-12-21-18)14-20(19)23-15-16-7-3-2-4-8-16/h2-4,7-8,10-11,14,18,21H,5-6,9,12-13,15H2,1H3.